The van der Waals surface area contributed by atoms with Gasteiger partial charge in [-0.15, -0.1) is 11.3 Å². The van der Waals surface area contributed by atoms with Gasteiger partial charge in [0.15, 0.2) is 0 Å². The molecule has 0 atom stereocenters. The van der Waals surface area contributed by atoms with Crippen molar-refractivity contribution in [3.05, 3.63) is 70.1 Å². The van der Waals surface area contributed by atoms with Crippen molar-refractivity contribution in [1.29, 1.82) is 5.26 Å². The molecule has 4 aromatic rings. The van der Waals surface area contributed by atoms with Gasteiger partial charge in [0.2, 0.25) is 21.9 Å². The molecule has 0 saturated carbocycles. The predicted octanol–water partition coefficient (Wildman–Crippen LogP) is 4.70. The SMILES string of the molecule is [2H]C([2H])([2H])c1cc(C#N)cc(C([2H])([2H])[2H])c1Oc1nc(NC2CCN(Cc3ccc(S(N)(=O)=O)cc3)CC2)nc2ccsc12. The van der Waals surface area contributed by atoms with Crippen LogP contribution in [0.2, 0.25) is 0 Å². The van der Waals surface area contributed by atoms with Gasteiger partial charge in [0.05, 0.1) is 22.0 Å². The fourth-order valence-electron chi connectivity index (χ4n) is 4.33. The van der Waals surface area contributed by atoms with Crippen molar-refractivity contribution in [2.45, 2.75) is 44.0 Å². The molecule has 0 spiro atoms. The Kier molecular flexibility index (Phi) is 5.47. The highest BCUT2D eigenvalue weighted by Crippen LogP contribution is 2.36. The van der Waals surface area contributed by atoms with Crippen molar-refractivity contribution in [2.75, 3.05) is 18.4 Å². The number of aryl methyl sites for hydroxylation is 2. The molecular formula is C27H28N6O3S2. The Morgan fingerprint density at radius 3 is 2.53 bits per heavy atom. The number of ether oxygens (including phenoxy) is 1. The third-order valence-electron chi connectivity index (χ3n) is 6.27. The van der Waals surface area contributed by atoms with Crippen LogP contribution in [0.1, 0.15) is 43.3 Å². The highest BCUT2D eigenvalue weighted by Gasteiger charge is 2.22. The summed E-state index contributed by atoms with van der Waals surface area (Å²) in [4.78, 5) is 11.4. The lowest BCUT2D eigenvalue weighted by molar-refractivity contribution is 0.211. The van der Waals surface area contributed by atoms with Crippen LogP contribution < -0.4 is 15.2 Å². The van der Waals surface area contributed by atoms with Crippen LogP contribution in [0.25, 0.3) is 10.2 Å². The van der Waals surface area contributed by atoms with Crippen molar-refractivity contribution >= 4 is 37.5 Å². The smallest absolute Gasteiger partial charge is 0.242 e. The molecule has 11 heteroatoms. The second-order valence-corrected chi connectivity index (χ2v) is 11.5. The van der Waals surface area contributed by atoms with E-state index in [4.69, 9.17) is 18.1 Å². The van der Waals surface area contributed by atoms with Gasteiger partial charge in [-0.1, -0.05) is 12.1 Å². The number of thiophene rings is 1. The van der Waals surface area contributed by atoms with Gasteiger partial charge in [0.25, 0.3) is 0 Å². The number of likely N-dealkylation sites (tertiary alicyclic amines) is 1. The number of nitrogens with zero attached hydrogens (tertiary/aromatic N) is 4. The highest BCUT2D eigenvalue weighted by atomic mass is 32.2. The van der Waals surface area contributed by atoms with Crippen molar-refractivity contribution < 1.29 is 21.4 Å². The van der Waals surface area contributed by atoms with E-state index >= 15 is 0 Å². The summed E-state index contributed by atoms with van der Waals surface area (Å²) in [6.07, 6.45) is 1.52. The van der Waals surface area contributed by atoms with Crippen molar-refractivity contribution in [3.63, 3.8) is 0 Å². The molecule has 0 bridgehead atoms. The van der Waals surface area contributed by atoms with Crippen LogP contribution in [0.3, 0.4) is 0 Å². The second kappa shape index (κ2) is 10.7. The second-order valence-electron chi connectivity index (χ2n) is 8.99. The average Bonchev–Trinajstić information content (AvgIpc) is 3.42. The molecule has 9 nitrogen and oxygen atoms in total. The maximum absolute atomic E-state index is 11.5. The quantitative estimate of drug-likeness (QED) is 0.336. The Labute approximate surface area is 234 Å². The lowest BCUT2D eigenvalue weighted by Crippen LogP contribution is -2.39. The number of aromatic nitrogens is 2. The Morgan fingerprint density at radius 2 is 1.89 bits per heavy atom. The van der Waals surface area contributed by atoms with Gasteiger partial charge in [0.1, 0.15) is 10.4 Å². The van der Waals surface area contributed by atoms with E-state index < -0.39 is 34.9 Å². The summed E-state index contributed by atoms with van der Waals surface area (Å²) in [6.45, 7) is -3.36. The van der Waals surface area contributed by atoms with Crippen LogP contribution in [0.15, 0.2) is 52.7 Å². The maximum Gasteiger partial charge on any atom is 0.242 e. The Bertz CT molecular complexity index is 1790. The molecule has 0 unspecified atom stereocenters. The fraction of sp³-hybridized carbons (Fsp3) is 0.296. The molecule has 2 aromatic heterocycles. The molecule has 38 heavy (non-hydrogen) atoms. The van der Waals surface area contributed by atoms with Gasteiger partial charge >= 0.3 is 0 Å². The summed E-state index contributed by atoms with van der Waals surface area (Å²) in [5.41, 5.74) is 0.613. The van der Waals surface area contributed by atoms with Gasteiger partial charge < -0.3 is 10.1 Å². The van der Waals surface area contributed by atoms with E-state index in [0.29, 0.717) is 16.8 Å². The molecule has 1 fully saturated rings. The normalized spacial score (nSPS) is 17.9. The van der Waals surface area contributed by atoms with Crippen molar-refractivity contribution in [1.82, 2.24) is 14.9 Å². The lowest BCUT2D eigenvalue weighted by atomic mass is 10.0. The molecule has 5 rings (SSSR count). The topological polar surface area (TPSA) is 134 Å². The summed E-state index contributed by atoms with van der Waals surface area (Å²) in [6, 6.07) is 12.3. The molecule has 1 aliphatic heterocycles. The third-order valence-corrected chi connectivity index (χ3v) is 8.09. The first-order chi connectivity index (χ1) is 20.6. The Balaban J connectivity index is 1.36. The number of nitriles is 1. The van der Waals surface area contributed by atoms with E-state index in [-0.39, 0.29) is 34.1 Å². The van der Waals surface area contributed by atoms with E-state index in [2.05, 4.69) is 20.2 Å². The number of benzene rings is 2. The number of hydrogen-bond acceptors (Lipinski definition) is 9. The third kappa shape index (κ3) is 5.79. The molecule has 1 saturated heterocycles. The maximum atomic E-state index is 11.5. The standard InChI is InChI=1S/C27H28N6O3S2/c1-17-13-20(15-28)14-18(2)24(17)36-26-25-23(9-12-37-25)31-27(32-26)30-21-7-10-33(11-8-21)16-19-3-5-22(6-4-19)38(29,34)35/h3-6,9,12-14,21H,7-8,10-11,16H2,1-2H3,(H2,29,34,35)(H,30,31,32)/i1D3,2D3. The van der Waals surface area contributed by atoms with Gasteiger partial charge in [-0.2, -0.15) is 10.2 Å². The summed E-state index contributed by atoms with van der Waals surface area (Å²) in [5, 5.41) is 19.7. The van der Waals surface area contributed by atoms with Crippen LogP contribution >= 0.6 is 11.3 Å². The van der Waals surface area contributed by atoms with E-state index in [1.165, 1.54) is 23.5 Å². The number of sulfonamides is 1. The molecule has 2 aromatic carbocycles. The monoisotopic (exact) mass is 554 g/mol. The van der Waals surface area contributed by atoms with Crippen molar-refractivity contribution in [2.24, 2.45) is 5.14 Å². The zero-order valence-corrected chi connectivity index (χ0v) is 21.8. The van der Waals surface area contributed by atoms with E-state index in [1.54, 1.807) is 23.6 Å². The minimum absolute atomic E-state index is 0.00795. The van der Waals surface area contributed by atoms with Crippen molar-refractivity contribution in [3.8, 4) is 17.7 Å². The lowest BCUT2D eigenvalue weighted by Gasteiger charge is -2.32. The molecule has 3 N–H and O–H groups in total. The Hall–Kier alpha value is -3.56. The van der Waals surface area contributed by atoms with E-state index in [0.717, 1.165) is 43.6 Å². The molecule has 0 aliphatic carbocycles. The van der Waals surface area contributed by atoms with Crippen LogP contribution in [-0.2, 0) is 16.6 Å². The molecule has 196 valence electrons. The molecule has 1 aliphatic rings. The van der Waals surface area contributed by atoms with Gasteiger partial charge in [0, 0.05) is 33.9 Å². The number of rotatable bonds is 7. The summed E-state index contributed by atoms with van der Waals surface area (Å²) in [5.74, 6) is -0.121. The molecule has 0 amide bonds. The molecule has 0 radical (unpaired) electrons. The fourth-order valence-corrected chi connectivity index (χ4v) is 5.60. The predicted molar refractivity (Wildman–Crippen MR) is 148 cm³/mol. The minimum atomic E-state index is -3.74. The average molecular weight is 555 g/mol. The van der Waals surface area contributed by atoms with Crippen LogP contribution in [0, 0.1) is 25.0 Å². The molecular weight excluding hydrogens is 520 g/mol. The van der Waals surface area contributed by atoms with Crippen LogP contribution in [-0.4, -0.2) is 42.4 Å². The van der Waals surface area contributed by atoms with E-state index in [1.807, 2.05) is 6.07 Å². The summed E-state index contributed by atoms with van der Waals surface area (Å²) >= 11 is 1.27. The zero-order valence-electron chi connectivity index (χ0n) is 26.1. The minimum Gasteiger partial charge on any atom is -0.437 e. The number of hydrogen-bond donors (Lipinski definition) is 2. The van der Waals surface area contributed by atoms with Gasteiger partial charge in [-0.25, -0.2) is 18.5 Å². The van der Waals surface area contributed by atoms with Crippen LogP contribution in [0.4, 0.5) is 5.95 Å². The van der Waals surface area contributed by atoms with Gasteiger partial charge in [-0.05, 0) is 78.9 Å². The largest absolute Gasteiger partial charge is 0.437 e. The van der Waals surface area contributed by atoms with Gasteiger partial charge in [-0.3, -0.25) is 4.90 Å². The number of nitrogens with two attached hydrogens (primary N) is 1. The summed E-state index contributed by atoms with van der Waals surface area (Å²) < 4.78 is 77.6. The number of anilines is 1. The molecule has 3 heterocycles. The number of primary sulfonamides is 1. The Morgan fingerprint density at radius 1 is 1.18 bits per heavy atom. The number of nitrogens with one attached hydrogen (secondary N) is 1. The highest BCUT2D eigenvalue weighted by molar-refractivity contribution is 7.89. The first-order valence-corrected chi connectivity index (χ1v) is 14.2. The first-order valence-electron chi connectivity index (χ1n) is 14.7. The first kappa shape index (κ1) is 19.5. The number of piperidine rings is 1. The number of fused-ring (bicyclic) bond motifs is 1. The zero-order chi connectivity index (χ0) is 31.9. The summed E-state index contributed by atoms with van der Waals surface area (Å²) in [7, 11) is -3.74. The van der Waals surface area contributed by atoms with E-state index in [9.17, 15) is 13.7 Å². The van der Waals surface area contributed by atoms with Crippen LogP contribution in [0.5, 0.6) is 11.6 Å².